The molecule has 0 saturated heterocycles. The molecule has 0 amide bonds. The summed E-state index contributed by atoms with van der Waals surface area (Å²) >= 11 is 18.5. The van der Waals surface area contributed by atoms with E-state index in [0.29, 0.717) is 69.2 Å². The first-order valence-corrected chi connectivity index (χ1v) is 34.6. The molecular formula is C87H67Cl3N10O4. The lowest BCUT2D eigenvalue weighted by atomic mass is 10.0. The molecule has 0 unspecified atom stereocenters. The van der Waals surface area contributed by atoms with Gasteiger partial charge in [-0.25, -0.2) is 13.5 Å². The predicted molar refractivity (Wildman–Crippen MR) is 419 cm³/mol. The van der Waals surface area contributed by atoms with E-state index in [2.05, 4.69) is 86.9 Å². The fraction of sp³-hybridized carbons (Fsp3) is 0.103. The summed E-state index contributed by atoms with van der Waals surface area (Å²) in [6.45, 7) is 7.93. The minimum atomic E-state index is -0.211. The third kappa shape index (κ3) is 15.8. The SMILES string of the molecule is CC#Cc1ccc(-c2cc(=O)[nH]c3c(-c4ccc(Cl)cc4)c(Cc4ccccc4)nn23)c(C)c1.Cc1cc(C#CCN)ccc1-c1cc(=O)[nH]c2c(-c3ccc(Cl)cc3)c(Cc3ccccc3)nn12.Cc1cc(C#CCO)ccc1-c1cc(=O)[nH]c2c(-c3ccc(Cl)cc3)c(Cc3ccccc3)nn12. The van der Waals surface area contributed by atoms with E-state index in [1.165, 1.54) is 0 Å². The molecule has 510 valence electrons. The second-order valence-corrected chi connectivity index (χ2v) is 26.0. The standard InChI is InChI=1S/C29H23ClN4O.C29H22ClN3O2.C29H22ClN3O/c1-19-16-21(8-5-15-31)9-14-24(19)26-18-27(35)32-29-28(22-10-12-23(30)13-11-22)25(33-34(26)29)17-20-6-3-2-4-7-20;1-19-16-21(8-5-15-34)9-14-24(19)26-18-27(35)31-29-28(22-10-12-23(30)13-11-22)25(32-33(26)29)17-20-6-3-2-4-7-20;1-3-7-20-10-15-24(19(2)16-20)26-18-27(34)31-29-28(22-11-13-23(30)14-12-22)25(32-33(26)29)17-21-8-5-4-6-9-21/h2-4,6-7,9-14,16,18H,15,17,31H2,1H3,(H,32,35);2-4,6-7,9-14,16,18,34H,15,17H2,1H3,(H,31,35);4-6,8-16,18H,17H2,1-2H3,(H,31,34). The van der Waals surface area contributed by atoms with Gasteiger partial charge in [0.15, 0.2) is 0 Å². The van der Waals surface area contributed by atoms with Crippen LogP contribution in [0, 0.1) is 56.3 Å². The van der Waals surface area contributed by atoms with E-state index in [1.54, 1.807) is 18.2 Å². The molecule has 6 heterocycles. The summed E-state index contributed by atoms with van der Waals surface area (Å²) in [4.78, 5) is 47.6. The number of hydrogen-bond acceptors (Lipinski definition) is 8. The van der Waals surface area contributed by atoms with Crippen LogP contribution in [0.1, 0.15) is 74.1 Å². The zero-order chi connectivity index (χ0) is 72.4. The van der Waals surface area contributed by atoms with E-state index < -0.39 is 0 Å². The van der Waals surface area contributed by atoms with Gasteiger partial charge in [0.1, 0.15) is 23.5 Å². The lowest BCUT2D eigenvalue weighted by molar-refractivity contribution is 0.350. The number of aliphatic hydroxyl groups is 1. The maximum absolute atomic E-state index is 12.8. The van der Waals surface area contributed by atoms with Crippen LogP contribution in [0.2, 0.25) is 15.1 Å². The van der Waals surface area contributed by atoms with Crippen molar-refractivity contribution in [2.45, 2.75) is 47.0 Å². The van der Waals surface area contributed by atoms with Crippen molar-refractivity contribution in [3.8, 4) is 103 Å². The molecule has 0 bridgehead atoms. The van der Waals surface area contributed by atoms with E-state index in [1.807, 2.05) is 223 Å². The van der Waals surface area contributed by atoms with E-state index in [0.717, 1.165) is 123 Å². The molecule has 9 aromatic carbocycles. The molecule has 6 N–H and O–H groups in total. The van der Waals surface area contributed by atoms with Gasteiger partial charge in [-0.3, -0.25) is 14.4 Å². The number of aliphatic hydroxyl groups excluding tert-OH is 1. The maximum Gasteiger partial charge on any atom is 0.251 e. The lowest BCUT2D eigenvalue weighted by Crippen LogP contribution is -2.10. The minimum Gasteiger partial charge on any atom is -0.384 e. The number of hydrogen-bond donors (Lipinski definition) is 5. The Bertz CT molecular complexity index is 5830. The quantitative estimate of drug-likeness (QED) is 0.0745. The fourth-order valence-electron chi connectivity index (χ4n) is 12.9. The van der Waals surface area contributed by atoms with Gasteiger partial charge >= 0.3 is 0 Å². The summed E-state index contributed by atoms with van der Waals surface area (Å²) in [5, 5.41) is 25.9. The smallest absolute Gasteiger partial charge is 0.251 e. The lowest BCUT2D eigenvalue weighted by Gasteiger charge is -2.09. The Labute approximate surface area is 615 Å². The van der Waals surface area contributed by atoms with Crippen LogP contribution < -0.4 is 22.4 Å². The number of halogens is 3. The van der Waals surface area contributed by atoms with Gasteiger partial charge in [-0.1, -0.05) is 210 Å². The molecule has 6 aromatic heterocycles. The maximum atomic E-state index is 12.8. The van der Waals surface area contributed by atoms with Crippen molar-refractivity contribution in [2.24, 2.45) is 5.73 Å². The second kappa shape index (κ2) is 31.7. The third-order valence-corrected chi connectivity index (χ3v) is 18.3. The highest BCUT2D eigenvalue weighted by atomic mass is 35.5. The molecular weight excluding hydrogens is 1360 g/mol. The normalized spacial score (nSPS) is 10.8. The summed E-state index contributed by atoms with van der Waals surface area (Å²) in [6.07, 6.45) is 1.86. The van der Waals surface area contributed by atoms with E-state index in [9.17, 15) is 14.4 Å². The van der Waals surface area contributed by atoms with Crippen molar-refractivity contribution in [2.75, 3.05) is 13.2 Å². The number of nitrogens with two attached hydrogens (primary N) is 1. The average molecular weight is 1420 g/mol. The first-order chi connectivity index (χ1) is 50.6. The van der Waals surface area contributed by atoms with Crippen molar-refractivity contribution >= 4 is 51.7 Å². The largest absolute Gasteiger partial charge is 0.384 e. The molecule has 15 rings (SSSR count). The fourth-order valence-corrected chi connectivity index (χ4v) is 13.3. The average Bonchev–Trinajstić information content (AvgIpc) is 1.61. The minimum absolute atomic E-state index is 0.180. The monoisotopic (exact) mass is 1420 g/mol. The van der Waals surface area contributed by atoms with E-state index >= 15 is 0 Å². The molecule has 0 aliphatic carbocycles. The van der Waals surface area contributed by atoms with Crippen LogP contribution in [0.5, 0.6) is 0 Å². The van der Waals surface area contributed by atoms with Gasteiger partial charge in [0.2, 0.25) is 0 Å². The number of nitrogens with one attached hydrogen (secondary N) is 3. The molecule has 0 radical (unpaired) electrons. The van der Waals surface area contributed by atoms with Crippen molar-refractivity contribution in [1.82, 2.24) is 43.8 Å². The zero-order valence-corrected chi connectivity index (χ0v) is 59.4. The van der Waals surface area contributed by atoms with Crippen LogP contribution >= 0.6 is 34.8 Å². The molecule has 0 aliphatic heterocycles. The van der Waals surface area contributed by atoms with Gasteiger partial charge < -0.3 is 25.8 Å². The molecule has 15 aromatic rings. The van der Waals surface area contributed by atoms with Gasteiger partial charge in [-0.15, -0.1) is 5.92 Å². The number of aromatic nitrogens is 9. The Morgan fingerprint density at radius 1 is 0.394 bits per heavy atom. The molecule has 14 nitrogen and oxygen atoms in total. The van der Waals surface area contributed by atoms with Gasteiger partial charge in [-0.2, -0.15) is 15.3 Å². The first-order valence-electron chi connectivity index (χ1n) is 33.5. The van der Waals surface area contributed by atoms with Crippen LogP contribution in [0.25, 0.3) is 84.1 Å². The number of benzene rings is 9. The number of aryl methyl sites for hydroxylation is 3. The van der Waals surface area contributed by atoms with Gasteiger partial charge in [0.25, 0.3) is 16.7 Å². The summed E-state index contributed by atoms with van der Waals surface area (Å²) < 4.78 is 5.49. The number of rotatable bonds is 12. The molecule has 0 atom stereocenters. The summed E-state index contributed by atoms with van der Waals surface area (Å²) in [6, 6.07) is 75.7. The van der Waals surface area contributed by atoms with Crippen LogP contribution in [0.3, 0.4) is 0 Å². The zero-order valence-electron chi connectivity index (χ0n) is 57.1. The van der Waals surface area contributed by atoms with Crippen LogP contribution in [0.4, 0.5) is 0 Å². The second-order valence-electron chi connectivity index (χ2n) is 24.7. The highest BCUT2D eigenvalue weighted by molar-refractivity contribution is 6.31. The van der Waals surface area contributed by atoms with Crippen molar-refractivity contribution in [1.29, 1.82) is 0 Å². The van der Waals surface area contributed by atoms with Crippen molar-refractivity contribution in [3.05, 3.63) is 350 Å². The van der Waals surface area contributed by atoms with Crippen LogP contribution in [-0.4, -0.2) is 62.1 Å². The van der Waals surface area contributed by atoms with Crippen LogP contribution in [0.15, 0.2) is 251 Å². The van der Waals surface area contributed by atoms with Gasteiger partial charge in [0, 0.05) is 103 Å². The Hall–Kier alpha value is -12.3. The highest BCUT2D eigenvalue weighted by Gasteiger charge is 2.24. The van der Waals surface area contributed by atoms with E-state index in [-0.39, 0.29) is 23.3 Å². The first kappa shape index (κ1) is 70.2. The number of H-pyrrole nitrogens is 3. The van der Waals surface area contributed by atoms with Gasteiger partial charge in [0.05, 0.1) is 40.7 Å². The summed E-state index contributed by atoms with van der Waals surface area (Å²) in [5.41, 5.74) is 28.8. The van der Waals surface area contributed by atoms with E-state index in [4.69, 9.17) is 60.9 Å². The number of nitrogens with zero attached hydrogens (tertiary/aromatic N) is 6. The Balaban J connectivity index is 0.000000139. The molecule has 0 saturated carbocycles. The molecule has 104 heavy (non-hydrogen) atoms. The Morgan fingerprint density at radius 2 is 0.692 bits per heavy atom. The Kier molecular flexibility index (Phi) is 21.4. The number of fused-ring (bicyclic) bond motifs is 3. The molecule has 0 aliphatic rings. The van der Waals surface area contributed by atoms with Crippen molar-refractivity contribution < 1.29 is 5.11 Å². The van der Waals surface area contributed by atoms with Gasteiger partial charge in [-0.05, 0) is 151 Å². The molecule has 0 spiro atoms. The Morgan fingerprint density at radius 3 is 0.971 bits per heavy atom. The predicted octanol–water partition coefficient (Wildman–Crippen LogP) is 16.8. The number of aromatic amines is 3. The van der Waals surface area contributed by atoms with Crippen molar-refractivity contribution in [3.63, 3.8) is 0 Å². The van der Waals surface area contributed by atoms with Crippen LogP contribution in [-0.2, 0) is 19.3 Å². The highest BCUT2D eigenvalue weighted by Crippen LogP contribution is 2.37. The third-order valence-electron chi connectivity index (χ3n) is 17.6. The molecule has 0 fully saturated rings. The summed E-state index contributed by atoms with van der Waals surface area (Å²) in [5.74, 6) is 17.6. The topological polar surface area (TPSA) is 197 Å². The summed E-state index contributed by atoms with van der Waals surface area (Å²) in [7, 11) is 0. The molecule has 17 heteroatoms.